The zero-order valence-corrected chi connectivity index (χ0v) is 16.0. The van der Waals surface area contributed by atoms with E-state index in [-0.39, 0.29) is 11.5 Å². The Labute approximate surface area is 158 Å². The summed E-state index contributed by atoms with van der Waals surface area (Å²) in [5.41, 5.74) is 1.19. The molecule has 2 heterocycles. The number of fused-ring (bicyclic) bond motifs is 2. The van der Waals surface area contributed by atoms with E-state index >= 15 is 0 Å². The Morgan fingerprint density at radius 3 is 2.81 bits per heavy atom. The fourth-order valence-electron chi connectivity index (χ4n) is 4.72. The fraction of sp³-hybridized carbons (Fsp3) is 0.550. The van der Waals surface area contributed by atoms with Gasteiger partial charge in [-0.15, -0.1) is 0 Å². The van der Waals surface area contributed by atoms with Gasteiger partial charge in [-0.05, 0) is 68.9 Å². The molecule has 138 valence electrons. The summed E-state index contributed by atoms with van der Waals surface area (Å²) in [6.45, 7) is 3.26. The van der Waals surface area contributed by atoms with Gasteiger partial charge in [0.1, 0.15) is 0 Å². The molecule has 5 nitrogen and oxygen atoms in total. The third-order valence-corrected chi connectivity index (χ3v) is 6.37. The van der Waals surface area contributed by atoms with Crippen LogP contribution in [-0.2, 0) is 6.54 Å². The molecular formula is C20H25N3O2S. The van der Waals surface area contributed by atoms with E-state index < -0.39 is 0 Å². The molecule has 4 rings (SSSR count). The third kappa shape index (κ3) is 2.90. The highest BCUT2D eigenvalue weighted by atomic mass is 32.1. The maximum atomic E-state index is 13.2. The van der Waals surface area contributed by atoms with E-state index in [9.17, 15) is 9.59 Å². The number of piperidine rings is 1. The van der Waals surface area contributed by atoms with Crippen molar-refractivity contribution < 1.29 is 4.79 Å². The molecule has 0 unspecified atom stereocenters. The van der Waals surface area contributed by atoms with E-state index in [2.05, 4.69) is 9.88 Å². The standard InChI is InChI=1S/C20H25N3O2S/c1-2-22-19(25)15-10-9-14(12-16(15)21-20(22)26)18(24)23-11-5-7-13-6-3-4-8-17(13)23/h9-10,12-13,17H,2-8,11H2,1H3,(H,21,26)/t13-,17+/m1/s1. The van der Waals surface area contributed by atoms with Crippen LogP contribution in [0.4, 0.5) is 0 Å². The van der Waals surface area contributed by atoms with Crippen molar-refractivity contribution in [3.63, 3.8) is 0 Å². The highest BCUT2D eigenvalue weighted by molar-refractivity contribution is 7.71. The Kier molecular flexibility index (Phi) is 4.69. The van der Waals surface area contributed by atoms with Crippen molar-refractivity contribution in [2.24, 2.45) is 5.92 Å². The van der Waals surface area contributed by atoms with Gasteiger partial charge in [-0.3, -0.25) is 14.2 Å². The molecule has 1 amide bonds. The number of carbonyl (C=O) groups excluding carboxylic acids is 1. The minimum atomic E-state index is -0.101. The molecule has 2 fully saturated rings. The summed E-state index contributed by atoms with van der Waals surface area (Å²) < 4.78 is 1.94. The SMILES string of the molecule is CCn1c(=S)[nH]c2cc(C(=O)N3CCC[C@H]4CCCC[C@@H]43)ccc2c1=O. The largest absolute Gasteiger partial charge is 0.335 e. The number of aromatic amines is 1. The van der Waals surface area contributed by atoms with Gasteiger partial charge >= 0.3 is 0 Å². The number of benzene rings is 1. The first-order valence-electron chi connectivity index (χ1n) is 9.68. The second-order valence-electron chi connectivity index (χ2n) is 7.49. The van der Waals surface area contributed by atoms with Gasteiger partial charge in [0.05, 0.1) is 10.9 Å². The van der Waals surface area contributed by atoms with Crippen LogP contribution in [0.3, 0.4) is 0 Å². The maximum Gasteiger partial charge on any atom is 0.262 e. The Bertz CT molecular complexity index is 960. The summed E-state index contributed by atoms with van der Waals surface area (Å²) >= 11 is 5.29. The summed E-state index contributed by atoms with van der Waals surface area (Å²) in [6, 6.07) is 5.72. The normalized spacial score (nSPS) is 23.0. The number of likely N-dealkylation sites (tertiary alicyclic amines) is 1. The number of hydrogen-bond donors (Lipinski definition) is 1. The first kappa shape index (κ1) is 17.5. The van der Waals surface area contributed by atoms with E-state index in [0.29, 0.717) is 39.7 Å². The van der Waals surface area contributed by atoms with Crippen LogP contribution in [0.25, 0.3) is 10.9 Å². The average molecular weight is 372 g/mol. The average Bonchev–Trinajstić information content (AvgIpc) is 2.67. The number of hydrogen-bond acceptors (Lipinski definition) is 3. The molecule has 0 bridgehead atoms. The van der Waals surface area contributed by atoms with E-state index in [1.165, 1.54) is 30.3 Å². The second kappa shape index (κ2) is 6.99. The third-order valence-electron chi connectivity index (χ3n) is 6.05. The van der Waals surface area contributed by atoms with Crippen LogP contribution in [0.2, 0.25) is 0 Å². The van der Waals surface area contributed by atoms with Crippen LogP contribution >= 0.6 is 12.2 Å². The van der Waals surface area contributed by atoms with Crippen molar-refractivity contribution >= 4 is 29.0 Å². The quantitative estimate of drug-likeness (QED) is 0.815. The van der Waals surface area contributed by atoms with E-state index in [0.717, 1.165) is 19.4 Å². The van der Waals surface area contributed by atoms with Gasteiger partial charge < -0.3 is 9.88 Å². The Hall–Kier alpha value is -1.95. The van der Waals surface area contributed by atoms with Gasteiger partial charge in [-0.25, -0.2) is 0 Å². The van der Waals surface area contributed by atoms with Gasteiger partial charge in [0.15, 0.2) is 4.77 Å². The number of amides is 1. The molecule has 1 saturated carbocycles. The Balaban J connectivity index is 1.71. The number of carbonyl (C=O) groups is 1. The first-order chi connectivity index (χ1) is 12.6. The van der Waals surface area contributed by atoms with E-state index in [4.69, 9.17) is 12.2 Å². The number of nitrogens with zero attached hydrogens (tertiary/aromatic N) is 2. The molecular weight excluding hydrogens is 346 g/mol. The van der Waals surface area contributed by atoms with Gasteiger partial charge in [0.25, 0.3) is 11.5 Å². The first-order valence-corrected chi connectivity index (χ1v) is 10.1. The lowest BCUT2D eigenvalue weighted by Gasteiger charge is -2.44. The van der Waals surface area contributed by atoms with Gasteiger partial charge in [-0.2, -0.15) is 0 Å². The fourth-order valence-corrected chi connectivity index (χ4v) is 5.04. The molecule has 2 aromatic rings. The highest BCUT2D eigenvalue weighted by Crippen LogP contribution is 2.36. The second-order valence-corrected chi connectivity index (χ2v) is 7.88. The lowest BCUT2D eigenvalue weighted by Crippen LogP contribution is -2.49. The zero-order chi connectivity index (χ0) is 18.3. The molecule has 1 aromatic heterocycles. The smallest absolute Gasteiger partial charge is 0.262 e. The van der Waals surface area contributed by atoms with Crippen molar-refractivity contribution in [1.29, 1.82) is 0 Å². The maximum absolute atomic E-state index is 13.2. The molecule has 1 aliphatic heterocycles. The molecule has 26 heavy (non-hydrogen) atoms. The van der Waals surface area contributed by atoms with Gasteiger partial charge in [0.2, 0.25) is 0 Å². The number of aromatic nitrogens is 2. The van der Waals surface area contributed by atoms with Crippen LogP contribution in [0.15, 0.2) is 23.0 Å². The number of nitrogens with one attached hydrogen (secondary N) is 1. The molecule has 1 saturated heterocycles. The van der Waals surface area contributed by atoms with Gasteiger partial charge in [0, 0.05) is 24.7 Å². The Morgan fingerprint density at radius 2 is 2.00 bits per heavy atom. The predicted molar refractivity (Wildman–Crippen MR) is 105 cm³/mol. The summed E-state index contributed by atoms with van der Waals surface area (Å²) in [7, 11) is 0. The molecule has 2 aliphatic rings. The van der Waals surface area contributed by atoms with Crippen molar-refractivity contribution in [1.82, 2.24) is 14.5 Å². The van der Waals surface area contributed by atoms with Gasteiger partial charge in [-0.1, -0.05) is 12.8 Å². The molecule has 2 atom stereocenters. The van der Waals surface area contributed by atoms with Crippen molar-refractivity contribution in [3.8, 4) is 0 Å². The van der Waals surface area contributed by atoms with Crippen LogP contribution in [0.5, 0.6) is 0 Å². The van der Waals surface area contributed by atoms with Crippen LogP contribution in [0.1, 0.15) is 55.8 Å². The summed E-state index contributed by atoms with van der Waals surface area (Å²) in [5.74, 6) is 0.743. The minimum absolute atomic E-state index is 0.0856. The number of rotatable bonds is 2. The topological polar surface area (TPSA) is 58.1 Å². The molecule has 1 N–H and O–H groups in total. The monoisotopic (exact) mass is 371 g/mol. The van der Waals surface area contributed by atoms with E-state index in [1.807, 2.05) is 6.92 Å². The molecule has 6 heteroatoms. The zero-order valence-electron chi connectivity index (χ0n) is 15.2. The predicted octanol–water partition coefficient (Wildman–Crippen LogP) is 3.87. The summed E-state index contributed by atoms with van der Waals surface area (Å²) in [4.78, 5) is 30.9. The van der Waals surface area contributed by atoms with E-state index in [1.54, 1.807) is 18.2 Å². The van der Waals surface area contributed by atoms with Crippen LogP contribution in [0, 0.1) is 10.7 Å². The number of H-pyrrole nitrogens is 1. The lowest BCUT2D eigenvalue weighted by molar-refractivity contribution is 0.0391. The van der Waals surface area contributed by atoms with Crippen molar-refractivity contribution in [2.45, 2.75) is 58.0 Å². The molecule has 0 radical (unpaired) electrons. The van der Waals surface area contributed by atoms with Crippen LogP contribution < -0.4 is 5.56 Å². The lowest BCUT2D eigenvalue weighted by atomic mass is 9.78. The molecule has 1 aromatic carbocycles. The molecule has 0 spiro atoms. The van der Waals surface area contributed by atoms with Crippen molar-refractivity contribution in [3.05, 3.63) is 38.9 Å². The van der Waals surface area contributed by atoms with Crippen molar-refractivity contribution in [2.75, 3.05) is 6.54 Å². The molecule has 1 aliphatic carbocycles. The summed E-state index contributed by atoms with van der Waals surface area (Å²) in [5, 5.41) is 0.575. The minimum Gasteiger partial charge on any atom is -0.335 e. The van der Waals surface area contributed by atoms with Crippen LogP contribution in [-0.4, -0.2) is 32.9 Å². The highest BCUT2D eigenvalue weighted by Gasteiger charge is 2.36. The summed E-state index contributed by atoms with van der Waals surface area (Å²) in [6.07, 6.45) is 7.20. The Morgan fingerprint density at radius 1 is 1.23 bits per heavy atom.